The molecule has 42 valence electrons. The topological polar surface area (TPSA) is 0 Å². The van der Waals surface area contributed by atoms with E-state index in [0.717, 1.165) is 0 Å². The van der Waals surface area contributed by atoms with Crippen LogP contribution in [0.2, 0.25) is 0 Å². The summed E-state index contributed by atoms with van der Waals surface area (Å²) in [5, 5.41) is 1.54. The van der Waals surface area contributed by atoms with Crippen LogP contribution >= 0.6 is 7.92 Å². The Morgan fingerprint density at radius 3 is 1.86 bits per heavy atom. The number of allylic oxidation sites excluding steroid dienone is 2. The largest absolute Gasteiger partial charge is 0.0868 e. The van der Waals surface area contributed by atoms with Crippen LogP contribution in [0.4, 0.5) is 0 Å². The fraction of sp³-hybridized carbons (Fsp3) is 0.667. The van der Waals surface area contributed by atoms with Gasteiger partial charge in [-0.05, 0) is 27.2 Å². The molecular weight excluding hydrogens is 103 g/mol. The van der Waals surface area contributed by atoms with Gasteiger partial charge in [-0.1, -0.05) is 19.3 Å². The molecule has 0 N–H and O–H groups in total. The maximum atomic E-state index is 2.27. The van der Waals surface area contributed by atoms with Gasteiger partial charge in [-0.2, -0.15) is 0 Å². The average molecular weight is 116 g/mol. The summed E-state index contributed by atoms with van der Waals surface area (Å²) in [5.74, 6) is 0. The second-order valence-corrected chi connectivity index (χ2v) is 4.32. The van der Waals surface area contributed by atoms with Crippen LogP contribution in [-0.4, -0.2) is 13.3 Å². The van der Waals surface area contributed by atoms with Gasteiger partial charge in [-0.15, -0.1) is 0 Å². The van der Waals surface area contributed by atoms with Gasteiger partial charge in [0, 0.05) is 0 Å². The van der Waals surface area contributed by atoms with Crippen molar-refractivity contribution in [3.63, 3.8) is 0 Å². The van der Waals surface area contributed by atoms with E-state index in [1.165, 1.54) is 5.31 Å². The van der Waals surface area contributed by atoms with Gasteiger partial charge in [0.15, 0.2) is 0 Å². The first kappa shape index (κ1) is 7.17. The minimum absolute atomic E-state index is 0.199. The van der Waals surface area contributed by atoms with Crippen LogP contribution in [0.5, 0.6) is 0 Å². The number of hydrogen-bond acceptors (Lipinski definition) is 0. The highest BCUT2D eigenvalue weighted by molar-refractivity contribution is 7.60. The van der Waals surface area contributed by atoms with E-state index >= 15 is 0 Å². The molecule has 0 rings (SSSR count). The standard InChI is InChI=1S/C6H13P/c1-5-6(2)7(3)4/h5H,1-4H3/b6-5+. The summed E-state index contributed by atoms with van der Waals surface area (Å²) in [6.07, 6.45) is 2.19. The van der Waals surface area contributed by atoms with Crippen molar-refractivity contribution in [2.75, 3.05) is 13.3 Å². The lowest BCUT2D eigenvalue weighted by Gasteiger charge is -2.01. The molecule has 0 aliphatic heterocycles. The fourth-order valence-corrected chi connectivity index (χ4v) is 0.775. The Morgan fingerprint density at radius 2 is 1.86 bits per heavy atom. The van der Waals surface area contributed by atoms with E-state index in [4.69, 9.17) is 0 Å². The summed E-state index contributed by atoms with van der Waals surface area (Å²) >= 11 is 0. The Labute approximate surface area is 47.4 Å². The molecule has 1 heteroatoms. The van der Waals surface area contributed by atoms with E-state index in [1.54, 1.807) is 0 Å². The molecular formula is C6H13P. The third kappa shape index (κ3) is 2.82. The van der Waals surface area contributed by atoms with Crippen LogP contribution in [0.15, 0.2) is 11.4 Å². The maximum Gasteiger partial charge on any atom is -0.0397 e. The normalized spacial score (nSPS) is 13.0. The minimum Gasteiger partial charge on any atom is -0.0868 e. The van der Waals surface area contributed by atoms with Gasteiger partial charge in [0.2, 0.25) is 0 Å². The van der Waals surface area contributed by atoms with Gasteiger partial charge in [0.1, 0.15) is 0 Å². The van der Waals surface area contributed by atoms with Gasteiger partial charge < -0.3 is 0 Å². The summed E-state index contributed by atoms with van der Waals surface area (Å²) in [4.78, 5) is 0. The first-order valence-corrected chi connectivity index (χ1v) is 4.72. The first-order chi connectivity index (χ1) is 3.18. The quantitative estimate of drug-likeness (QED) is 0.462. The third-order valence-electron chi connectivity index (χ3n) is 1.12. The van der Waals surface area contributed by atoms with Crippen molar-refractivity contribution in [2.45, 2.75) is 13.8 Å². The highest BCUT2D eigenvalue weighted by Gasteiger charge is 1.89. The Balaban J connectivity index is 3.56. The van der Waals surface area contributed by atoms with Crippen LogP contribution in [0.3, 0.4) is 0 Å². The highest BCUT2D eigenvalue weighted by atomic mass is 31.1. The van der Waals surface area contributed by atoms with E-state index in [1.807, 2.05) is 0 Å². The van der Waals surface area contributed by atoms with Crippen molar-refractivity contribution < 1.29 is 0 Å². The minimum atomic E-state index is 0.199. The zero-order valence-electron chi connectivity index (χ0n) is 5.52. The van der Waals surface area contributed by atoms with Gasteiger partial charge >= 0.3 is 0 Å². The summed E-state index contributed by atoms with van der Waals surface area (Å²) < 4.78 is 0. The van der Waals surface area contributed by atoms with Crippen LogP contribution < -0.4 is 0 Å². The molecule has 0 saturated carbocycles. The summed E-state index contributed by atoms with van der Waals surface area (Å²) in [7, 11) is 0.199. The maximum absolute atomic E-state index is 2.27. The van der Waals surface area contributed by atoms with Crippen molar-refractivity contribution in [3.8, 4) is 0 Å². The SMILES string of the molecule is C/C=C(\C)P(C)C. The molecule has 0 unspecified atom stereocenters. The van der Waals surface area contributed by atoms with E-state index in [0.29, 0.717) is 0 Å². The molecule has 0 amide bonds. The lowest BCUT2D eigenvalue weighted by molar-refractivity contribution is 1.58. The molecule has 0 aliphatic rings. The van der Waals surface area contributed by atoms with E-state index in [2.05, 4.69) is 33.3 Å². The summed E-state index contributed by atoms with van der Waals surface area (Å²) in [6, 6.07) is 0. The zero-order valence-corrected chi connectivity index (χ0v) is 6.42. The average Bonchev–Trinajstić information content (AvgIpc) is 1.65. The van der Waals surface area contributed by atoms with Crippen molar-refractivity contribution in [1.29, 1.82) is 0 Å². The molecule has 0 saturated heterocycles. The van der Waals surface area contributed by atoms with E-state index in [-0.39, 0.29) is 7.92 Å². The van der Waals surface area contributed by atoms with Crippen molar-refractivity contribution in [1.82, 2.24) is 0 Å². The van der Waals surface area contributed by atoms with Gasteiger partial charge in [0.05, 0.1) is 0 Å². The zero-order chi connectivity index (χ0) is 5.86. The molecule has 0 aromatic rings. The predicted octanol–water partition coefficient (Wildman–Crippen LogP) is 2.65. The molecule has 0 aromatic heterocycles. The molecule has 0 spiro atoms. The van der Waals surface area contributed by atoms with Crippen molar-refractivity contribution in [3.05, 3.63) is 11.4 Å². The van der Waals surface area contributed by atoms with Crippen molar-refractivity contribution >= 4 is 7.92 Å². The summed E-state index contributed by atoms with van der Waals surface area (Å²) in [6.45, 7) is 8.82. The lowest BCUT2D eigenvalue weighted by atomic mass is 10.6. The molecule has 0 aromatic carbocycles. The summed E-state index contributed by atoms with van der Waals surface area (Å²) in [5.41, 5.74) is 0. The Hall–Kier alpha value is 0.170. The van der Waals surface area contributed by atoms with Crippen LogP contribution in [0.25, 0.3) is 0 Å². The lowest BCUT2D eigenvalue weighted by Crippen LogP contribution is -1.66. The molecule has 0 bridgehead atoms. The second-order valence-electron chi connectivity index (χ2n) is 1.82. The highest BCUT2D eigenvalue weighted by Crippen LogP contribution is 2.34. The molecule has 0 aliphatic carbocycles. The smallest absolute Gasteiger partial charge is 0.0397 e. The predicted molar refractivity (Wildman–Crippen MR) is 38.2 cm³/mol. The second kappa shape index (κ2) is 3.21. The molecule has 0 fully saturated rings. The molecule has 0 atom stereocenters. The van der Waals surface area contributed by atoms with E-state index in [9.17, 15) is 0 Å². The van der Waals surface area contributed by atoms with Crippen molar-refractivity contribution in [2.24, 2.45) is 0 Å². The Morgan fingerprint density at radius 1 is 1.43 bits per heavy atom. The number of rotatable bonds is 1. The van der Waals surface area contributed by atoms with Crippen LogP contribution in [0, 0.1) is 0 Å². The molecule has 0 heterocycles. The molecule has 0 nitrogen and oxygen atoms in total. The number of hydrogen-bond donors (Lipinski definition) is 0. The molecule has 7 heavy (non-hydrogen) atoms. The Kier molecular flexibility index (Phi) is 3.29. The van der Waals surface area contributed by atoms with E-state index < -0.39 is 0 Å². The third-order valence-corrected chi connectivity index (χ3v) is 2.79. The van der Waals surface area contributed by atoms with Crippen LogP contribution in [0.1, 0.15) is 13.8 Å². The van der Waals surface area contributed by atoms with Crippen LogP contribution in [-0.2, 0) is 0 Å². The molecule has 0 radical (unpaired) electrons. The Bertz CT molecular complexity index is 72.2. The fourth-order valence-electron chi connectivity index (χ4n) is 0.258. The van der Waals surface area contributed by atoms with Gasteiger partial charge in [-0.3, -0.25) is 0 Å². The first-order valence-electron chi connectivity index (χ1n) is 2.48. The van der Waals surface area contributed by atoms with Gasteiger partial charge in [0.25, 0.3) is 0 Å². The monoisotopic (exact) mass is 116 g/mol. The van der Waals surface area contributed by atoms with Gasteiger partial charge in [-0.25, -0.2) is 0 Å².